The van der Waals surface area contributed by atoms with Gasteiger partial charge in [0.15, 0.2) is 5.82 Å². The molecule has 2 aromatic heterocycles. The topological polar surface area (TPSA) is 88.8 Å². The van der Waals surface area contributed by atoms with Gasteiger partial charge in [-0.3, -0.25) is 4.79 Å². The van der Waals surface area contributed by atoms with E-state index in [9.17, 15) is 4.79 Å². The Kier molecular flexibility index (Phi) is 4.55. The molecule has 1 aliphatic heterocycles. The first-order valence-electron chi connectivity index (χ1n) is 8.60. The molecule has 0 unspecified atom stereocenters. The van der Waals surface area contributed by atoms with Crippen LogP contribution in [0.4, 0.5) is 5.82 Å². The quantitative estimate of drug-likeness (QED) is 0.767. The summed E-state index contributed by atoms with van der Waals surface area (Å²) >= 11 is 0. The van der Waals surface area contributed by atoms with Crippen LogP contribution in [-0.4, -0.2) is 50.2 Å². The number of anilines is 1. The number of nitrogens with zero attached hydrogens (tertiary/aromatic N) is 6. The lowest BCUT2D eigenvalue weighted by Gasteiger charge is -2.33. The van der Waals surface area contributed by atoms with Crippen molar-refractivity contribution in [3.8, 4) is 5.69 Å². The second-order valence-corrected chi connectivity index (χ2v) is 6.21. The van der Waals surface area contributed by atoms with E-state index in [1.165, 1.54) is 0 Å². The van der Waals surface area contributed by atoms with Crippen LogP contribution in [0.15, 0.2) is 55.0 Å². The van der Waals surface area contributed by atoms with Gasteiger partial charge in [-0.1, -0.05) is 17.3 Å². The van der Waals surface area contributed by atoms with E-state index in [0.29, 0.717) is 11.3 Å². The summed E-state index contributed by atoms with van der Waals surface area (Å²) in [7, 11) is 0. The van der Waals surface area contributed by atoms with Crippen LogP contribution in [0.25, 0.3) is 5.69 Å². The fourth-order valence-corrected chi connectivity index (χ4v) is 3.23. The van der Waals surface area contributed by atoms with Gasteiger partial charge in [0.25, 0.3) is 5.91 Å². The molecule has 1 aromatic carbocycles. The molecule has 1 aliphatic rings. The predicted octanol–water partition coefficient (Wildman–Crippen LogP) is 1.46. The third-order valence-electron chi connectivity index (χ3n) is 4.46. The number of hydrogen-bond donors (Lipinski definition) is 1. The van der Waals surface area contributed by atoms with E-state index in [2.05, 4.69) is 30.7 Å². The molecule has 0 radical (unpaired) electrons. The van der Waals surface area contributed by atoms with E-state index in [1.807, 2.05) is 30.3 Å². The van der Waals surface area contributed by atoms with E-state index in [4.69, 9.17) is 0 Å². The van der Waals surface area contributed by atoms with Crippen molar-refractivity contribution in [2.75, 3.05) is 18.0 Å². The Bertz CT molecular complexity index is 866. The minimum absolute atomic E-state index is 0.0575. The molecule has 26 heavy (non-hydrogen) atoms. The summed E-state index contributed by atoms with van der Waals surface area (Å²) < 4.78 is 1.60. The van der Waals surface area contributed by atoms with Crippen molar-refractivity contribution in [3.63, 3.8) is 0 Å². The van der Waals surface area contributed by atoms with Crippen molar-refractivity contribution in [2.24, 2.45) is 0 Å². The van der Waals surface area contributed by atoms with Gasteiger partial charge < -0.3 is 10.2 Å². The maximum Gasteiger partial charge on any atom is 0.253 e. The Labute approximate surface area is 150 Å². The predicted molar refractivity (Wildman–Crippen MR) is 96.1 cm³/mol. The molecular formula is C18H19N7O. The Hall–Kier alpha value is -3.29. The van der Waals surface area contributed by atoms with Crippen molar-refractivity contribution < 1.29 is 4.79 Å². The van der Waals surface area contributed by atoms with Crippen molar-refractivity contribution >= 4 is 11.7 Å². The van der Waals surface area contributed by atoms with Crippen LogP contribution in [0.3, 0.4) is 0 Å². The molecule has 4 rings (SSSR count). The number of rotatable bonds is 4. The number of hydrogen-bond acceptors (Lipinski definition) is 6. The lowest BCUT2D eigenvalue weighted by atomic mass is 10.0. The van der Waals surface area contributed by atoms with Crippen molar-refractivity contribution in [2.45, 2.75) is 18.9 Å². The fraction of sp³-hybridized carbons (Fsp3) is 0.278. The Morgan fingerprint density at radius 1 is 1.12 bits per heavy atom. The summed E-state index contributed by atoms with van der Waals surface area (Å²) in [6.07, 6.45) is 6.91. The van der Waals surface area contributed by atoms with E-state index in [1.54, 1.807) is 29.3 Å². The summed E-state index contributed by atoms with van der Waals surface area (Å²) in [5.41, 5.74) is 1.29. The van der Waals surface area contributed by atoms with E-state index in [-0.39, 0.29) is 11.9 Å². The zero-order chi connectivity index (χ0) is 17.8. The minimum Gasteiger partial charge on any atom is -0.353 e. The highest BCUT2D eigenvalue weighted by Crippen LogP contribution is 2.18. The molecule has 0 spiro atoms. The largest absolute Gasteiger partial charge is 0.353 e. The lowest BCUT2D eigenvalue weighted by molar-refractivity contribution is 0.0933. The zero-order valence-electron chi connectivity index (χ0n) is 14.2. The van der Waals surface area contributed by atoms with Crippen LogP contribution in [0.2, 0.25) is 0 Å². The van der Waals surface area contributed by atoms with Gasteiger partial charge in [-0.25, -0.2) is 4.68 Å². The molecule has 0 saturated carbocycles. The summed E-state index contributed by atoms with van der Waals surface area (Å²) in [5.74, 6) is 0.733. The molecule has 8 nitrogen and oxygen atoms in total. The monoisotopic (exact) mass is 349 g/mol. The number of nitrogens with one attached hydrogen (secondary N) is 1. The molecule has 132 valence electrons. The molecule has 1 N–H and O–H groups in total. The molecule has 3 aromatic rings. The van der Waals surface area contributed by atoms with Gasteiger partial charge in [-0.05, 0) is 37.1 Å². The van der Waals surface area contributed by atoms with Crippen LogP contribution in [0, 0.1) is 0 Å². The third kappa shape index (κ3) is 3.39. The molecule has 3 heterocycles. The van der Waals surface area contributed by atoms with Gasteiger partial charge >= 0.3 is 0 Å². The van der Waals surface area contributed by atoms with Crippen molar-refractivity contribution in [1.29, 1.82) is 0 Å². The summed E-state index contributed by atoms with van der Waals surface area (Å²) in [4.78, 5) is 15.0. The number of carbonyl (C=O) groups excluding carboxylic acids is 1. The lowest BCUT2D eigenvalue weighted by Crippen LogP contribution is -2.48. The van der Waals surface area contributed by atoms with Crippen LogP contribution >= 0.6 is 0 Å². The summed E-state index contributed by atoms with van der Waals surface area (Å²) in [6, 6.07) is 11.3. The number of benzene rings is 1. The molecule has 1 fully saturated rings. The summed E-state index contributed by atoms with van der Waals surface area (Å²) in [6.45, 7) is 1.64. The first kappa shape index (κ1) is 16.2. The van der Waals surface area contributed by atoms with Crippen LogP contribution in [0.5, 0.6) is 0 Å². The van der Waals surface area contributed by atoms with E-state index < -0.39 is 0 Å². The molecule has 8 heteroatoms. The van der Waals surface area contributed by atoms with Crippen LogP contribution < -0.4 is 10.2 Å². The molecule has 1 saturated heterocycles. The highest BCUT2D eigenvalue weighted by Gasteiger charge is 2.24. The SMILES string of the molecule is O=C(N[C@@H]1CCCN(c2cccnn2)C1)c1ccccc1-n1ccnn1. The second-order valence-electron chi connectivity index (χ2n) is 6.21. The third-order valence-corrected chi connectivity index (χ3v) is 4.46. The first-order valence-corrected chi connectivity index (χ1v) is 8.60. The van der Waals surface area contributed by atoms with Gasteiger partial charge in [0, 0.05) is 25.3 Å². The molecule has 0 aliphatic carbocycles. The van der Waals surface area contributed by atoms with Gasteiger partial charge in [-0.2, -0.15) is 5.10 Å². The Balaban J connectivity index is 1.49. The van der Waals surface area contributed by atoms with Gasteiger partial charge in [0.2, 0.25) is 0 Å². The van der Waals surface area contributed by atoms with Gasteiger partial charge in [0.1, 0.15) is 0 Å². The smallest absolute Gasteiger partial charge is 0.253 e. The number of amides is 1. The van der Waals surface area contributed by atoms with Crippen LogP contribution in [-0.2, 0) is 0 Å². The zero-order valence-corrected chi connectivity index (χ0v) is 14.2. The number of aromatic nitrogens is 5. The first-order chi connectivity index (χ1) is 12.8. The highest BCUT2D eigenvalue weighted by atomic mass is 16.1. The van der Waals surface area contributed by atoms with E-state index >= 15 is 0 Å². The second kappa shape index (κ2) is 7.30. The summed E-state index contributed by atoms with van der Waals surface area (Å²) in [5, 5.41) is 19.1. The number of carbonyl (C=O) groups is 1. The minimum atomic E-state index is -0.109. The molecular weight excluding hydrogens is 330 g/mol. The average Bonchev–Trinajstić information content (AvgIpc) is 3.23. The molecule has 1 atom stereocenters. The number of para-hydroxylation sites is 1. The average molecular weight is 349 g/mol. The number of piperidine rings is 1. The van der Waals surface area contributed by atoms with Crippen molar-refractivity contribution in [3.05, 3.63) is 60.6 Å². The molecule has 1 amide bonds. The van der Waals surface area contributed by atoms with E-state index in [0.717, 1.165) is 31.7 Å². The standard InChI is InChI=1S/C18H19N7O/c26-18(15-6-1-2-7-16(15)25-12-10-20-23-25)21-14-5-4-11-24(13-14)17-8-3-9-19-22-17/h1-3,6-10,12,14H,4-5,11,13H2,(H,21,26)/t14-/m1/s1. The normalized spacial score (nSPS) is 17.1. The van der Waals surface area contributed by atoms with Gasteiger partial charge in [-0.15, -0.1) is 10.2 Å². The van der Waals surface area contributed by atoms with Gasteiger partial charge in [0.05, 0.1) is 23.6 Å². The molecule has 0 bridgehead atoms. The fourth-order valence-electron chi connectivity index (χ4n) is 3.23. The highest BCUT2D eigenvalue weighted by molar-refractivity contribution is 5.97. The Morgan fingerprint density at radius 3 is 2.85 bits per heavy atom. The van der Waals surface area contributed by atoms with Crippen molar-refractivity contribution in [1.82, 2.24) is 30.5 Å². The Morgan fingerprint density at radius 2 is 2.04 bits per heavy atom. The maximum absolute atomic E-state index is 12.9. The maximum atomic E-state index is 12.9. The van der Waals surface area contributed by atoms with Crippen LogP contribution in [0.1, 0.15) is 23.2 Å².